The summed E-state index contributed by atoms with van der Waals surface area (Å²) in [6.07, 6.45) is 2.50. The largest absolute Gasteiger partial charge is 0.382 e. The minimum Gasteiger partial charge on any atom is -0.382 e. The van der Waals surface area contributed by atoms with E-state index in [4.69, 9.17) is 0 Å². The van der Waals surface area contributed by atoms with E-state index < -0.39 is 0 Å². The zero-order valence-electron chi connectivity index (χ0n) is 12.7. The van der Waals surface area contributed by atoms with Crippen LogP contribution in [0.4, 0.5) is 11.4 Å². The molecule has 4 nitrogen and oxygen atoms in total. The smallest absolute Gasteiger partial charge is 0.234 e. The van der Waals surface area contributed by atoms with Gasteiger partial charge in [0.05, 0.1) is 11.4 Å². The minimum atomic E-state index is 0.0908. The molecule has 3 rings (SSSR count). The number of piperidine rings is 1. The normalized spacial score (nSPS) is 21.5. The number of nitrogens with zero attached hydrogens (tertiary/aromatic N) is 1. The molecular weight excluding hydrogens is 282 g/mol. The van der Waals surface area contributed by atoms with Crippen molar-refractivity contribution in [3.8, 4) is 0 Å². The minimum absolute atomic E-state index is 0.0908. The molecule has 0 spiro atoms. The van der Waals surface area contributed by atoms with Gasteiger partial charge in [0.2, 0.25) is 5.91 Å². The van der Waals surface area contributed by atoms with Crippen molar-refractivity contribution >= 4 is 29.0 Å². The Morgan fingerprint density at radius 2 is 2.14 bits per heavy atom. The number of amides is 1. The number of hydrogen-bond acceptors (Lipinski definition) is 4. The van der Waals surface area contributed by atoms with Gasteiger partial charge in [-0.05, 0) is 64.0 Å². The van der Waals surface area contributed by atoms with Gasteiger partial charge in [-0.15, -0.1) is 11.8 Å². The summed E-state index contributed by atoms with van der Waals surface area (Å²) in [4.78, 5) is 15.0. The molecule has 0 radical (unpaired) electrons. The van der Waals surface area contributed by atoms with Gasteiger partial charge in [0.25, 0.3) is 0 Å². The molecule has 2 aliphatic heterocycles. The zero-order chi connectivity index (χ0) is 14.8. The molecule has 0 saturated carbocycles. The van der Waals surface area contributed by atoms with Crippen LogP contribution in [-0.2, 0) is 4.79 Å². The lowest BCUT2D eigenvalue weighted by molar-refractivity contribution is -0.113. The molecule has 0 aliphatic carbocycles. The van der Waals surface area contributed by atoms with Crippen LogP contribution >= 0.6 is 11.8 Å². The second-order valence-corrected chi connectivity index (χ2v) is 7.14. The molecular formula is C16H23N3OS. The molecule has 2 heterocycles. The first-order chi connectivity index (χ1) is 10.1. The van der Waals surface area contributed by atoms with Gasteiger partial charge < -0.3 is 15.5 Å². The maximum Gasteiger partial charge on any atom is 0.234 e. The maximum atomic E-state index is 11.5. The van der Waals surface area contributed by atoms with Crippen molar-refractivity contribution in [3.63, 3.8) is 0 Å². The number of rotatable bonds is 3. The molecule has 1 unspecified atom stereocenters. The lowest BCUT2D eigenvalue weighted by Crippen LogP contribution is -2.37. The van der Waals surface area contributed by atoms with Crippen LogP contribution in [0.15, 0.2) is 23.1 Å². The van der Waals surface area contributed by atoms with Gasteiger partial charge in [0.15, 0.2) is 0 Å². The molecule has 1 fully saturated rings. The number of nitrogens with one attached hydrogen (secondary N) is 2. The molecule has 1 saturated heterocycles. The average Bonchev–Trinajstić information content (AvgIpc) is 2.47. The highest BCUT2D eigenvalue weighted by molar-refractivity contribution is 8.00. The predicted molar refractivity (Wildman–Crippen MR) is 89.1 cm³/mol. The van der Waals surface area contributed by atoms with Crippen LogP contribution in [0.5, 0.6) is 0 Å². The Hall–Kier alpha value is -1.20. The fraction of sp³-hybridized carbons (Fsp3) is 0.562. The van der Waals surface area contributed by atoms with Crippen LogP contribution < -0.4 is 10.6 Å². The van der Waals surface area contributed by atoms with Crippen molar-refractivity contribution in [3.05, 3.63) is 18.2 Å². The van der Waals surface area contributed by atoms with E-state index in [9.17, 15) is 4.79 Å². The Kier molecular flexibility index (Phi) is 4.40. The van der Waals surface area contributed by atoms with Crippen molar-refractivity contribution in [2.75, 3.05) is 36.5 Å². The van der Waals surface area contributed by atoms with Gasteiger partial charge >= 0.3 is 0 Å². The van der Waals surface area contributed by atoms with Crippen molar-refractivity contribution < 1.29 is 4.79 Å². The van der Waals surface area contributed by atoms with E-state index in [1.807, 2.05) is 0 Å². The number of likely N-dealkylation sites (tertiary alicyclic amines) is 1. The van der Waals surface area contributed by atoms with Crippen molar-refractivity contribution in [2.45, 2.75) is 30.7 Å². The molecule has 5 heteroatoms. The highest BCUT2D eigenvalue weighted by Gasteiger charge is 2.22. The molecule has 2 aliphatic rings. The fourth-order valence-corrected chi connectivity index (χ4v) is 3.87. The lowest BCUT2D eigenvalue weighted by Gasteiger charge is -2.33. The molecule has 2 N–H and O–H groups in total. The van der Waals surface area contributed by atoms with Gasteiger partial charge in [-0.2, -0.15) is 0 Å². The van der Waals surface area contributed by atoms with E-state index in [-0.39, 0.29) is 5.91 Å². The number of anilines is 2. The van der Waals surface area contributed by atoms with Gasteiger partial charge in [-0.1, -0.05) is 0 Å². The van der Waals surface area contributed by atoms with Crippen LogP contribution in [-0.4, -0.2) is 42.7 Å². The monoisotopic (exact) mass is 305 g/mol. The van der Waals surface area contributed by atoms with E-state index in [0.29, 0.717) is 11.8 Å². The number of fused-ring (bicyclic) bond motifs is 1. The molecule has 1 amide bonds. The van der Waals surface area contributed by atoms with Gasteiger partial charge in [-0.3, -0.25) is 4.79 Å². The van der Waals surface area contributed by atoms with Crippen molar-refractivity contribution in [1.82, 2.24) is 4.90 Å². The first-order valence-corrected chi connectivity index (χ1v) is 8.62. The fourth-order valence-electron chi connectivity index (χ4n) is 3.08. The number of thioether (sulfide) groups is 1. The van der Waals surface area contributed by atoms with E-state index in [0.717, 1.165) is 22.2 Å². The second-order valence-electron chi connectivity index (χ2n) is 6.12. The third-order valence-electron chi connectivity index (χ3n) is 4.48. The first kappa shape index (κ1) is 14.7. The van der Waals surface area contributed by atoms with Crippen molar-refractivity contribution in [2.24, 2.45) is 5.92 Å². The summed E-state index contributed by atoms with van der Waals surface area (Å²) in [5.74, 6) is 1.33. The third-order valence-corrected chi connectivity index (χ3v) is 5.55. The summed E-state index contributed by atoms with van der Waals surface area (Å²) >= 11 is 1.61. The number of benzene rings is 1. The molecule has 21 heavy (non-hydrogen) atoms. The second kappa shape index (κ2) is 6.28. The molecule has 114 valence electrons. The topological polar surface area (TPSA) is 44.4 Å². The highest BCUT2D eigenvalue weighted by atomic mass is 32.2. The van der Waals surface area contributed by atoms with E-state index in [1.165, 1.54) is 25.9 Å². The molecule has 1 atom stereocenters. The summed E-state index contributed by atoms with van der Waals surface area (Å²) in [6, 6.07) is 6.74. The Morgan fingerprint density at radius 1 is 1.38 bits per heavy atom. The number of hydrogen-bond donors (Lipinski definition) is 2. The SMILES string of the molecule is CC(Nc1ccc2c(c1)NC(=O)CS2)C1CCN(C)CC1. The molecule has 0 aromatic heterocycles. The Labute approximate surface area is 130 Å². The highest BCUT2D eigenvalue weighted by Crippen LogP contribution is 2.34. The molecule has 1 aromatic carbocycles. The Bertz CT molecular complexity index is 526. The van der Waals surface area contributed by atoms with E-state index in [2.05, 4.69) is 47.7 Å². The number of carbonyl (C=O) groups excluding carboxylic acids is 1. The standard InChI is InChI=1S/C16H23N3OS/c1-11(12-5-7-19(2)8-6-12)17-13-3-4-15-14(9-13)18-16(20)10-21-15/h3-4,9,11-12,17H,5-8,10H2,1-2H3,(H,18,20). The van der Waals surface area contributed by atoms with E-state index >= 15 is 0 Å². The summed E-state index contributed by atoms with van der Waals surface area (Å²) in [6.45, 7) is 4.64. The van der Waals surface area contributed by atoms with Crippen LogP contribution in [0.25, 0.3) is 0 Å². The van der Waals surface area contributed by atoms with Crippen LogP contribution in [0.3, 0.4) is 0 Å². The first-order valence-electron chi connectivity index (χ1n) is 7.63. The molecule has 1 aromatic rings. The summed E-state index contributed by atoms with van der Waals surface area (Å²) in [5, 5.41) is 6.56. The van der Waals surface area contributed by atoms with Crippen LogP contribution in [0.1, 0.15) is 19.8 Å². The van der Waals surface area contributed by atoms with Crippen LogP contribution in [0, 0.1) is 5.92 Å². The lowest BCUT2D eigenvalue weighted by atomic mass is 9.90. The number of carbonyl (C=O) groups is 1. The average molecular weight is 305 g/mol. The third kappa shape index (κ3) is 3.52. The summed E-state index contributed by atoms with van der Waals surface area (Å²) in [7, 11) is 2.19. The van der Waals surface area contributed by atoms with Gasteiger partial charge in [0.1, 0.15) is 0 Å². The van der Waals surface area contributed by atoms with Crippen molar-refractivity contribution in [1.29, 1.82) is 0 Å². The summed E-state index contributed by atoms with van der Waals surface area (Å²) in [5.41, 5.74) is 2.04. The predicted octanol–water partition coefficient (Wildman–Crippen LogP) is 2.87. The Balaban J connectivity index is 1.65. The molecule has 0 bridgehead atoms. The summed E-state index contributed by atoms with van der Waals surface area (Å²) < 4.78 is 0. The zero-order valence-corrected chi connectivity index (χ0v) is 13.5. The quantitative estimate of drug-likeness (QED) is 0.901. The maximum absolute atomic E-state index is 11.5. The van der Waals surface area contributed by atoms with Crippen LogP contribution in [0.2, 0.25) is 0 Å². The van der Waals surface area contributed by atoms with Gasteiger partial charge in [-0.25, -0.2) is 0 Å². The van der Waals surface area contributed by atoms with Gasteiger partial charge in [0, 0.05) is 16.6 Å². The Morgan fingerprint density at radius 3 is 2.90 bits per heavy atom. The van der Waals surface area contributed by atoms with E-state index in [1.54, 1.807) is 11.8 Å².